The maximum atomic E-state index is 13.2. The Bertz CT molecular complexity index is 1730. The molecule has 39 heavy (non-hydrogen) atoms. The number of halogens is 4. The first-order valence-electron chi connectivity index (χ1n) is 11.6. The second-order valence-electron chi connectivity index (χ2n) is 8.79. The van der Waals surface area contributed by atoms with Crippen LogP contribution in [0.3, 0.4) is 0 Å². The SMILES string of the molecule is C#Cc1ccc(-c2c(OC)nc3ccc(C(O)(c4ccc(C(F)(F)F)nc4)c4cncn4C)cc3c2Cl)cc1. The fraction of sp³-hybridized carbons (Fsp3) is 0.138. The lowest BCUT2D eigenvalue weighted by Gasteiger charge is -2.30. The van der Waals surface area contributed by atoms with Crippen LogP contribution in [-0.4, -0.2) is 31.7 Å². The zero-order valence-corrected chi connectivity index (χ0v) is 21.4. The summed E-state index contributed by atoms with van der Waals surface area (Å²) in [5.41, 5.74) is 0.164. The van der Waals surface area contributed by atoms with Crippen LogP contribution in [0.5, 0.6) is 5.88 Å². The summed E-state index contributed by atoms with van der Waals surface area (Å²) in [4.78, 5) is 12.3. The summed E-state index contributed by atoms with van der Waals surface area (Å²) in [6, 6.07) is 14.1. The molecule has 0 amide bonds. The molecule has 1 unspecified atom stereocenters. The molecular weight excluding hydrogens is 529 g/mol. The van der Waals surface area contributed by atoms with Gasteiger partial charge in [-0.05, 0) is 41.5 Å². The van der Waals surface area contributed by atoms with Crippen molar-refractivity contribution >= 4 is 22.5 Å². The maximum Gasteiger partial charge on any atom is 0.433 e. The molecule has 0 aliphatic rings. The summed E-state index contributed by atoms with van der Waals surface area (Å²) >= 11 is 6.93. The van der Waals surface area contributed by atoms with E-state index < -0.39 is 17.5 Å². The highest BCUT2D eigenvalue weighted by Crippen LogP contribution is 2.43. The Hall–Kier alpha value is -4.39. The molecule has 2 aromatic carbocycles. The molecule has 5 aromatic rings. The lowest BCUT2D eigenvalue weighted by atomic mass is 9.83. The summed E-state index contributed by atoms with van der Waals surface area (Å²) in [5, 5.41) is 13.0. The fourth-order valence-electron chi connectivity index (χ4n) is 4.50. The number of imidazole rings is 1. The molecule has 0 spiro atoms. The van der Waals surface area contributed by atoms with Gasteiger partial charge in [-0.2, -0.15) is 13.2 Å². The van der Waals surface area contributed by atoms with E-state index in [1.165, 1.54) is 25.7 Å². The predicted octanol–water partition coefficient (Wildman–Crippen LogP) is 5.98. The van der Waals surface area contributed by atoms with Gasteiger partial charge in [0.15, 0.2) is 5.60 Å². The van der Waals surface area contributed by atoms with Crippen LogP contribution in [-0.2, 0) is 18.8 Å². The number of hydrogen-bond donors (Lipinski definition) is 1. The molecule has 0 radical (unpaired) electrons. The Morgan fingerprint density at radius 2 is 1.74 bits per heavy atom. The number of rotatable bonds is 5. The van der Waals surface area contributed by atoms with Gasteiger partial charge in [-0.1, -0.05) is 41.8 Å². The van der Waals surface area contributed by atoms with Gasteiger partial charge < -0.3 is 14.4 Å². The minimum atomic E-state index is -4.63. The van der Waals surface area contributed by atoms with Crippen LogP contribution in [0.1, 0.15) is 28.1 Å². The average Bonchev–Trinajstić information content (AvgIpc) is 3.38. The van der Waals surface area contributed by atoms with Gasteiger partial charge in [-0.3, -0.25) is 4.98 Å². The normalized spacial score (nSPS) is 13.2. The lowest BCUT2D eigenvalue weighted by molar-refractivity contribution is -0.141. The fourth-order valence-corrected chi connectivity index (χ4v) is 4.84. The number of terminal acetylenes is 1. The third-order valence-electron chi connectivity index (χ3n) is 6.50. The Morgan fingerprint density at radius 3 is 2.31 bits per heavy atom. The number of methoxy groups -OCH3 is 1. The Balaban J connectivity index is 1.74. The first-order chi connectivity index (χ1) is 18.6. The number of pyridine rings is 2. The molecule has 0 bridgehead atoms. The molecule has 10 heteroatoms. The van der Waals surface area contributed by atoms with Crippen molar-refractivity contribution in [3.63, 3.8) is 0 Å². The van der Waals surface area contributed by atoms with Gasteiger partial charge in [0.2, 0.25) is 5.88 Å². The molecule has 1 atom stereocenters. The maximum absolute atomic E-state index is 13.2. The highest BCUT2D eigenvalue weighted by Gasteiger charge is 2.39. The van der Waals surface area contributed by atoms with Crippen molar-refractivity contribution in [3.05, 3.63) is 106 Å². The highest BCUT2D eigenvalue weighted by molar-refractivity contribution is 6.38. The van der Waals surface area contributed by atoms with Gasteiger partial charge in [-0.15, -0.1) is 6.42 Å². The summed E-state index contributed by atoms with van der Waals surface area (Å²) in [7, 11) is 3.15. The van der Waals surface area contributed by atoms with E-state index in [0.717, 1.165) is 12.3 Å². The van der Waals surface area contributed by atoms with Gasteiger partial charge in [0.25, 0.3) is 0 Å². The molecule has 0 aliphatic heterocycles. The number of hydrogen-bond acceptors (Lipinski definition) is 5. The van der Waals surface area contributed by atoms with E-state index in [-0.39, 0.29) is 5.56 Å². The number of alkyl halides is 3. The Labute approximate surface area is 226 Å². The average molecular weight is 549 g/mol. The van der Waals surface area contributed by atoms with Crippen LogP contribution in [0.15, 0.2) is 73.3 Å². The molecule has 0 fully saturated rings. The van der Waals surface area contributed by atoms with Crippen molar-refractivity contribution in [1.82, 2.24) is 19.5 Å². The van der Waals surface area contributed by atoms with Crippen LogP contribution in [0.4, 0.5) is 13.2 Å². The van der Waals surface area contributed by atoms with Crippen molar-refractivity contribution in [3.8, 4) is 29.4 Å². The van der Waals surface area contributed by atoms with Crippen LogP contribution >= 0.6 is 11.6 Å². The number of fused-ring (bicyclic) bond motifs is 1. The number of nitrogens with zero attached hydrogens (tertiary/aromatic N) is 4. The molecule has 0 saturated carbocycles. The van der Waals surface area contributed by atoms with Crippen molar-refractivity contribution in [2.45, 2.75) is 11.8 Å². The third-order valence-corrected chi connectivity index (χ3v) is 6.89. The van der Waals surface area contributed by atoms with Crippen molar-refractivity contribution in [1.29, 1.82) is 0 Å². The van der Waals surface area contributed by atoms with E-state index in [1.807, 2.05) is 0 Å². The zero-order chi connectivity index (χ0) is 27.9. The molecular formula is C29H20ClF3N4O2. The minimum absolute atomic E-state index is 0.112. The number of aliphatic hydroxyl groups is 1. The Kier molecular flexibility index (Phi) is 6.54. The van der Waals surface area contributed by atoms with Crippen LogP contribution < -0.4 is 4.74 Å². The van der Waals surface area contributed by atoms with Crippen molar-refractivity contribution in [2.24, 2.45) is 7.05 Å². The highest BCUT2D eigenvalue weighted by atomic mass is 35.5. The molecule has 0 aliphatic carbocycles. The summed E-state index contributed by atoms with van der Waals surface area (Å²) in [5.74, 6) is 2.86. The molecule has 0 saturated heterocycles. The lowest BCUT2D eigenvalue weighted by Crippen LogP contribution is -2.31. The molecule has 3 heterocycles. The van der Waals surface area contributed by atoms with Crippen LogP contribution in [0, 0.1) is 12.3 Å². The second kappa shape index (κ2) is 9.73. The zero-order valence-electron chi connectivity index (χ0n) is 20.7. The third kappa shape index (κ3) is 4.48. The minimum Gasteiger partial charge on any atom is -0.480 e. The van der Waals surface area contributed by atoms with Gasteiger partial charge in [0.1, 0.15) is 5.69 Å². The van der Waals surface area contributed by atoms with E-state index in [0.29, 0.717) is 49.8 Å². The van der Waals surface area contributed by atoms with E-state index in [9.17, 15) is 18.3 Å². The van der Waals surface area contributed by atoms with Crippen LogP contribution in [0.25, 0.3) is 22.0 Å². The summed E-state index contributed by atoms with van der Waals surface area (Å²) < 4.78 is 46.7. The van der Waals surface area contributed by atoms with Gasteiger partial charge in [-0.25, -0.2) is 9.97 Å². The smallest absolute Gasteiger partial charge is 0.433 e. The number of aromatic nitrogens is 4. The van der Waals surface area contributed by atoms with Gasteiger partial charge in [0.05, 0.1) is 41.4 Å². The van der Waals surface area contributed by atoms with Crippen LogP contribution in [0.2, 0.25) is 5.02 Å². The summed E-state index contributed by atoms with van der Waals surface area (Å²) in [6.07, 6.45) is 4.78. The number of aryl methyl sites for hydroxylation is 1. The molecule has 1 N–H and O–H groups in total. The van der Waals surface area contributed by atoms with Gasteiger partial charge >= 0.3 is 6.18 Å². The monoisotopic (exact) mass is 548 g/mol. The molecule has 5 rings (SSSR count). The standard InChI is InChI=1S/C29H20ClF3N4O2/c1-4-17-5-7-18(8-6-17)25-26(30)21-13-19(9-11-22(21)36-27(25)39-3)28(38,24-15-34-16-37(24)2)20-10-12-23(35-14-20)29(31,32)33/h1,5-16,38H,2-3H3. The number of ether oxygens (including phenoxy) is 1. The topological polar surface area (TPSA) is 73.1 Å². The van der Waals surface area contributed by atoms with E-state index in [4.69, 9.17) is 22.8 Å². The Morgan fingerprint density at radius 1 is 1.03 bits per heavy atom. The number of benzene rings is 2. The largest absolute Gasteiger partial charge is 0.480 e. The molecule has 3 aromatic heterocycles. The van der Waals surface area contributed by atoms with Crippen molar-refractivity contribution in [2.75, 3.05) is 7.11 Å². The van der Waals surface area contributed by atoms with E-state index in [2.05, 4.69) is 20.9 Å². The van der Waals surface area contributed by atoms with E-state index in [1.54, 1.807) is 54.1 Å². The first kappa shape index (κ1) is 26.2. The summed E-state index contributed by atoms with van der Waals surface area (Å²) in [6.45, 7) is 0. The quantitative estimate of drug-likeness (QED) is 0.274. The molecule has 6 nitrogen and oxygen atoms in total. The first-order valence-corrected chi connectivity index (χ1v) is 11.9. The van der Waals surface area contributed by atoms with Gasteiger partial charge in [0, 0.05) is 29.8 Å². The van der Waals surface area contributed by atoms with Crippen molar-refractivity contribution < 1.29 is 23.0 Å². The van der Waals surface area contributed by atoms with E-state index >= 15 is 0 Å². The second-order valence-corrected chi connectivity index (χ2v) is 9.17. The predicted molar refractivity (Wildman–Crippen MR) is 141 cm³/mol. The molecule has 196 valence electrons.